The molecule has 0 fully saturated rings. The Hall–Kier alpha value is -2.34. The van der Waals surface area contributed by atoms with Gasteiger partial charge in [0.1, 0.15) is 0 Å². The fraction of sp³-hybridized carbons (Fsp3) is 0.300. The van der Waals surface area contributed by atoms with Gasteiger partial charge in [-0.05, 0) is 42.3 Å². The SMILES string of the molecule is CC(C)C(=O)Nc1cccc(CNC(=O)NC(C)c2cccc(Br)c2)c1. The van der Waals surface area contributed by atoms with Crippen molar-refractivity contribution in [2.24, 2.45) is 5.92 Å². The fourth-order valence-corrected chi connectivity index (χ4v) is 2.75. The minimum atomic E-state index is -0.242. The summed E-state index contributed by atoms with van der Waals surface area (Å²) in [6.45, 7) is 6.00. The number of hydrogen-bond acceptors (Lipinski definition) is 2. The van der Waals surface area contributed by atoms with Crippen LogP contribution in [0.1, 0.15) is 37.9 Å². The molecular weight excluding hydrogens is 394 g/mol. The van der Waals surface area contributed by atoms with Gasteiger partial charge < -0.3 is 16.0 Å². The summed E-state index contributed by atoms with van der Waals surface area (Å²) >= 11 is 3.43. The summed E-state index contributed by atoms with van der Waals surface area (Å²) in [5.74, 6) is -0.113. The predicted molar refractivity (Wildman–Crippen MR) is 108 cm³/mol. The van der Waals surface area contributed by atoms with Crippen LogP contribution in [0.15, 0.2) is 53.0 Å². The third-order valence-corrected chi connectivity index (χ3v) is 4.36. The van der Waals surface area contributed by atoms with Crippen LogP contribution in [0.5, 0.6) is 0 Å². The molecule has 1 atom stereocenters. The highest BCUT2D eigenvalue weighted by molar-refractivity contribution is 9.10. The quantitative estimate of drug-likeness (QED) is 0.642. The summed E-state index contributed by atoms with van der Waals surface area (Å²) in [4.78, 5) is 23.9. The molecule has 0 aliphatic rings. The van der Waals surface area contributed by atoms with Gasteiger partial charge >= 0.3 is 6.03 Å². The average molecular weight is 418 g/mol. The molecule has 0 heterocycles. The first-order chi connectivity index (χ1) is 12.3. The molecule has 3 N–H and O–H groups in total. The van der Waals surface area contributed by atoms with E-state index in [0.717, 1.165) is 21.3 Å². The van der Waals surface area contributed by atoms with Crippen molar-refractivity contribution in [1.82, 2.24) is 10.6 Å². The van der Waals surface area contributed by atoms with Crippen LogP contribution >= 0.6 is 15.9 Å². The van der Waals surface area contributed by atoms with Gasteiger partial charge in [-0.15, -0.1) is 0 Å². The Kier molecular flexibility index (Phi) is 7.21. The lowest BCUT2D eigenvalue weighted by Gasteiger charge is -2.16. The van der Waals surface area contributed by atoms with Crippen LogP contribution in [-0.4, -0.2) is 11.9 Å². The number of anilines is 1. The van der Waals surface area contributed by atoms with Gasteiger partial charge in [0.25, 0.3) is 0 Å². The molecule has 5 nitrogen and oxygen atoms in total. The van der Waals surface area contributed by atoms with E-state index in [-0.39, 0.29) is 23.9 Å². The topological polar surface area (TPSA) is 70.2 Å². The highest BCUT2D eigenvalue weighted by atomic mass is 79.9. The second-order valence-electron chi connectivity index (χ2n) is 6.45. The number of amides is 3. The van der Waals surface area contributed by atoms with Crippen molar-refractivity contribution < 1.29 is 9.59 Å². The first kappa shape index (κ1) is 20.0. The largest absolute Gasteiger partial charge is 0.334 e. The number of carbonyl (C=O) groups is 2. The highest BCUT2D eigenvalue weighted by Crippen LogP contribution is 2.17. The Morgan fingerprint density at radius 1 is 1.04 bits per heavy atom. The van der Waals surface area contributed by atoms with Gasteiger partial charge in [-0.3, -0.25) is 4.79 Å². The van der Waals surface area contributed by atoms with E-state index in [1.165, 1.54) is 0 Å². The van der Waals surface area contributed by atoms with Gasteiger partial charge in [0.05, 0.1) is 6.04 Å². The Labute approximate surface area is 162 Å². The first-order valence-electron chi connectivity index (χ1n) is 8.55. The zero-order valence-electron chi connectivity index (χ0n) is 15.2. The smallest absolute Gasteiger partial charge is 0.315 e. The van der Waals surface area contributed by atoms with E-state index in [0.29, 0.717) is 6.54 Å². The number of halogens is 1. The molecule has 2 aromatic rings. The van der Waals surface area contributed by atoms with Gasteiger partial charge in [0.15, 0.2) is 0 Å². The summed E-state index contributed by atoms with van der Waals surface area (Å²) in [6, 6.07) is 14.9. The molecular formula is C20H24BrN3O2. The molecule has 0 radical (unpaired) electrons. The molecule has 26 heavy (non-hydrogen) atoms. The minimum Gasteiger partial charge on any atom is -0.334 e. The monoisotopic (exact) mass is 417 g/mol. The average Bonchev–Trinajstić information content (AvgIpc) is 2.60. The van der Waals surface area contributed by atoms with Crippen LogP contribution in [0.3, 0.4) is 0 Å². The second kappa shape index (κ2) is 9.38. The van der Waals surface area contributed by atoms with Crippen LogP contribution in [-0.2, 0) is 11.3 Å². The first-order valence-corrected chi connectivity index (χ1v) is 9.34. The van der Waals surface area contributed by atoms with Crippen molar-refractivity contribution in [3.05, 3.63) is 64.1 Å². The van der Waals surface area contributed by atoms with Crippen molar-refractivity contribution in [1.29, 1.82) is 0 Å². The van der Waals surface area contributed by atoms with Crippen molar-refractivity contribution in [2.45, 2.75) is 33.4 Å². The van der Waals surface area contributed by atoms with Crippen molar-refractivity contribution >= 4 is 33.6 Å². The van der Waals surface area contributed by atoms with E-state index in [2.05, 4.69) is 31.9 Å². The van der Waals surface area contributed by atoms with Crippen LogP contribution < -0.4 is 16.0 Å². The maximum atomic E-state index is 12.1. The number of carbonyl (C=O) groups excluding carboxylic acids is 2. The lowest BCUT2D eigenvalue weighted by atomic mass is 10.1. The fourth-order valence-electron chi connectivity index (χ4n) is 2.33. The standard InChI is InChI=1S/C20H24BrN3O2/c1-13(2)19(25)24-18-9-4-6-15(10-18)12-22-20(26)23-14(3)16-7-5-8-17(21)11-16/h4-11,13-14H,12H2,1-3H3,(H,24,25)(H2,22,23,26). The molecule has 3 amide bonds. The maximum Gasteiger partial charge on any atom is 0.315 e. The molecule has 0 aliphatic heterocycles. The third kappa shape index (κ3) is 6.19. The molecule has 0 saturated heterocycles. The molecule has 0 aliphatic carbocycles. The van der Waals surface area contributed by atoms with Crippen molar-refractivity contribution in [3.63, 3.8) is 0 Å². The molecule has 0 spiro atoms. The molecule has 0 saturated carbocycles. The molecule has 2 aromatic carbocycles. The lowest BCUT2D eigenvalue weighted by molar-refractivity contribution is -0.118. The van der Waals surface area contributed by atoms with Crippen LogP contribution in [0.4, 0.5) is 10.5 Å². The van der Waals surface area contributed by atoms with E-state index in [9.17, 15) is 9.59 Å². The Balaban J connectivity index is 1.88. The van der Waals surface area contributed by atoms with Gasteiger partial charge in [-0.2, -0.15) is 0 Å². The number of benzene rings is 2. The van der Waals surface area contributed by atoms with Gasteiger partial charge in [0, 0.05) is 22.6 Å². The highest BCUT2D eigenvalue weighted by Gasteiger charge is 2.10. The molecule has 0 bridgehead atoms. The van der Waals surface area contributed by atoms with Crippen LogP contribution in [0.25, 0.3) is 0 Å². The van der Waals surface area contributed by atoms with E-state index in [1.807, 2.05) is 69.3 Å². The van der Waals surface area contributed by atoms with Gasteiger partial charge in [-0.1, -0.05) is 54.0 Å². The number of hydrogen-bond donors (Lipinski definition) is 3. The summed E-state index contributed by atoms with van der Waals surface area (Å²) in [7, 11) is 0. The second-order valence-corrected chi connectivity index (χ2v) is 7.36. The third-order valence-electron chi connectivity index (χ3n) is 3.87. The van der Waals surface area contributed by atoms with Crippen LogP contribution in [0.2, 0.25) is 0 Å². The lowest BCUT2D eigenvalue weighted by Crippen LogP contribution is -2.36. The van der Waals surface area contributed by atoms with Gasteiger partial charge in [-0.25, -0.2) is 4.79 Å². The van der Waals surface area contributed by atoms with Gasteiger partial charge in [0.2, 0.25) is 5.91 Å². The number of rotatable bonds is 6. The van der Waals surface area contributed by atoms with E-state index < -0.39 is 0 Å². The van der Waals surface area contributed by atoms with Crippen molar-refractivity contribution in [3.8, 4) is 0 Å². The summed E-state index contributed by atoms with van der Waals surface area (Å²) < 4.78 is 0.976. The Bertz CT molecular complexity index is 777. The number of urea groups is 1. The predicted octanol–water partition coefficient (Wildman–Crippen LogP) is 4.60. The van der Waals surface area contributed by atoms with E-state index >= 15 is 0 Å². The summed E-state index contributed by atoms with van der Waals surface area (Å²) in [5, 5.41) is 8.61. The normalized spacial score (nSPS) is 11.7. The minimum absolute atomic E-state index is 0.0318. The maximum absolute atomic E-state index is 12.1. The molecule has 2 rings (SSSR count). The molecule has 6 heteroatoms. The number of nitrogens with one attached hydrogen (secondary N) is 3. The zero-order valence-corrected chi connectivity index (χ0v) is 16.8. The summed E-state index contributed by atoms with van der Waals surface area (Å²) in [5.41, 5.74) is 2.66. The Morgan fingerprint density at radius 2 is 1.77 bits per heavy atom. The van der Waals surface area contributed by atoms with Crippen LogP contribution in [0, 0.1) is 5.92 Å². The Morgan fingerprint density at radius 3 is 2.46 bits per heavy atom. The molecule has 138 valence electrons. The molecule has 1 unspecified atom stereocenters. The van der Waals surface area contributed by atoms with E-state index in [4.69, 9.17) is 0 Å². The summed E-state index contributed by atoms with van der Waals surface area (Å²) in [6.07, 6.45) is 0. The van der Waals surface area contributed by atoms with Crippen molar-refractivity contribution in [2.75, 3.05) is 5.32 Å². The zero-order chi connectivity index (χ0) is 19.1. The molecule has 0 aromatic heterocycles. The van der Waals surface area contributed by atoms with E-state index in [1.54, 1.807) is 0 Å².